The van der Waals surface area contributed by atoms with Crippen molar-refractivity contribution in [3.05, 3.63) is 0 Å². The van der Waals surface area contributed by atoms with Gasteiger partial charge >= 0.3 is 0 Å². The van der Waals surface area contributed by atoms with Gasteiger partial charge in [0.15, 0.2) is 0 Å². The van der Waals surface area contributed by atoms with E-state index in [0.29, 0.717) is 10.8 Å². The van der Waals surface area contributed by atoms with Crippen molar-refractivity contribution in [3.8, 4) is 0 Å². The number of hydrogen-bond acceptors (Lipinski definition) is 0. The lowest BCUT2D eigenvalue weighted by Gasteiger charge is -2.57. The Labute approximate surface area is 77.7 Å². The average Bonchev–Trinajstić information content (AvgIpc) is 1.78. The molecule has 0 aromatic carbocycles. The molecule has 2 unspecified atom stereocenters. The average molecular weight is 168 g/mol. The molecule has 0 spiro atoms. The molecule has 0 heteroatoms. The zero-order valence-corrected chi connectivity index (χ0v) is 9.57. The Kier molecular flexibility index (Phi) is 2.31. The van der Waals surface area contributed by atoms with Crippen LogP contribution in [0.15, 0.2) is 0 Å². The molecule has 0 amide bonds. The molecule has 0 heterocycles. The summed E-state index contributed by atoms with van der Waals surface area (Å²) in [7, 11) is 0. The highest BCUT2D eigenvalue weighted by Gasteiger charge is 2.51. The smallest absolute Gasteiger partial charge is 0.0285 e. The van der Waals surface area contributed by atoms with Crippen LogP contribution in [0.4, 0.5) is 0 Å². The molecule has 0 nitrogen and oxygen atoms in total. The van der Waals surface area contributed by atoms with Gasteiger partial charge in [0.1, 0.15) is 0 Å². The summed E-state index contributed by atoms with van der Waals surface area (Å²) in [6.07, 6.45) is 2.80. The summed E-state index contributed by atoms with van der Waals surface area (Å²) >= 11 is 0. The van der Waals surface area contributed by atoms with Crippen LogP contribution in [0, 0.1) is 22.7 Å². The van der Waals surface area contributed by atoms with Gasteiger partial charge in [-0.1, -0.05) is 48.0 Å². The molecular weight excluding hydrogens is 144 g/mol. The molecule has 0 N–H and O–H groups in total. The Morgan fingerprint density at radius 2 is 1.75 bits per heavy atom. The van der Waals surface area contributed by atoms with Gasteiger partial charge in [0.25, 0.3) is 0 Å². The zero-order chi connectivity index (χ0) is 9.57. The molecule has 0 radical (unpaired) electrons. The summed E-state index contributed by atoms with van der Waals surface area (Å²) in [6.45, 7) is 14.4. The van der Waals surface area contributed by atoms with Crippen molar-refractivity contribution >= 4 is 0 Å². The van der Waals surface area contributed by atoms with Crippen molar-refractivity contribution in [2.75, 3.05) is 0 Å². The minimum Gasteiger partial charge on any atom is -0.0651 e. The van der Waals surface area contributed by atoms with Crippen LogP contribution in [-0.2, 0) is 0 Å². The Morgan fingerprint density at radius 3 is 1.92 bits per heavy atom. The molecule has 1 saturated carbocycles. The van der Waals surface area contributed by atoms with Crippen molar-refractivity contribution in [2.24, 2.45) is 22.7 Å². The molecule has 0 aromatic heterocycles. The van der Waals surface area contributed by atoms with E-state index < -0.39 is 0 Å². The Bertz CT molecular complexity index is 149. The van der Waals surface area contributed by atoms with Gasteiger partial charge in [0.2, 0.25) is 0 Å². The highest BCUT2D eigenvalue weighted by Crippen LogP contribution is 2.59. The lowest BCUT2D eigenvalue weighted by atomic mass is 9.47. The highest BCUT2D eigenvalue weighted by atomic mass is 14.6. The predicted octanol–water partition coefficient (Wildman–Crippen LogP) is 4.10. The maximum atomic E-state index is 2.43. The highest BCUT2D eigenvalue weighted by molar-refractivity contribution is 5.00. The number of rotatable bonds is 1. The van der Waals surface area contributed by atoms with Crippen LogP contribution >= 0.6 is 0 Å². The van der Waals surface area contributed by atoms with Crippen LogP contribution in [0.2, 0.25) is 0 Å². The van der Waals surface area contributed by atoms with Crippen LogP contribution in [0.5, 0.6) is 0 Å². The maximum absolute atomic E-state index is 2.43. The van der Waals surface area contributed by atoms with Crippen LogP contribution in [0.3, 0.4) is 0 Å². The first-order valence-corrected chi connectivity index (χ1v) is 5.29. The molecule has 0 bridgehead atoms. The fourth-order valence-electron chi connectivity index (χ4n) is 3.66. The third kappa shape index (κ3) is 1.53. The van der Waals surface area contributed by atoms with E-state index in [1.165, 1.54) is 12.8 Å². The van der Waals surface area contributed by atoms with E-state index in [0.717, 1.165) is 11.8 Å². The monoisotopic (exact) mass is 168 g/mol. The standard InChI is InChI=1S/C12H24/c1-7-9-8-12(5,6)10(9)11(2,3)4/h9-10H,7-8H2,1-6H3. The first-order valence-electron chi connectivity index (χ1n) is 5.29. The summed E-state index contributed by atoms with van der Waals surface area (Å²) in [5.74, 6) is 1.91. The summed E-state index contributed by atoms with van der Waals surface area (Å²) in [5.41, 5.74) is 1.10. The minimum atomic E-state index is 0.502. The van der Waals surface area contributed by atoms with Crippen LogP contribution in [0.25, 0.3) is 0 Å². The fraction of sp³-hybridized carbons (Fsp3) is 1.00. The van der Waals surface area contributed by atoms with E-state index in [2.05, 4.69) is 41.5 Å². The van der Waals surface area contributed by atoms with E-state index in [4.69, 9.17) is 0 Å². The normalized spacial score (nSPS) is 34.5. The van der Waals surface area contributed by atoms with Gasteiger partial charge in [-0.3, -0.25) is 0 Å². The molecule has 2 atom stereocenters. The van der Waals surface area contributed by atoms with Crippen LogP contribution in [0.1, 0.15) is 54.4 Å². The van der Waals surface area contributed by atoms with E-state index in [9.17, 15) is 0 Å². The van der Waals surface area contributed by atoms with Crippen molar-refractivity contribution in [1.29, 1.82) is 0 Å². The molecule has 0 aliphatic heterocycles. The fourth-order valence-corrected chi connectivity index (χ4v) is 3.66. The van der Waals surface area contributed by atoms with Gasteiger partial charge in [0, 0.05) is 0 Å². The molecule has 1 aliphatic carbocycles. The van der Waals surface area contributed by atoms with Crippen LogP contribution < -0.4 is 0 Å². The lowest BCUT2D eigenvalue weighted by Crippen LogP contribution is -2.50. The molecule has 0 aromatic rings. The van der Waals surface area contributed by atoms with E-state index in [1.807, 2.05) is 0 Å². The molecule has 72 valence electrons. The van der Waals surface area contributed by atoms with E-state index >= 15 is 0 Å². The Morgan fingerprint density at radius 1 is 1.25 bits per heavy atom. The van der Waals surface area contributed by atoms with Gasteiger partial charge < -0.3 is 0 Å². The predicted molar refractivity (Wildman–Crippen MR) is 55.1 cm³/mol. The molecule has 0 saturated heterocycles. The van der Waals surface area contributed by atoms with Crippen molar-refractivity contribution < 1.29 is 0 Å². The van der Waals surface area contributed by atoms with Gasteiger partial charge in [-0.25, -0.2) is 0 Å². The third-order valence-corrected chi connectivity index (χ3v) is 3.56. The minimum absolute atomic E-state index is 0.502. The first-order chi connectivity index (χ1) is 5.29. The van der Waals surface area contributed by atoms with Gasteiger partial charge in [-0.15, -0.1) is 0 Å². The quantitative estimate of drug-likeness (QED) is 0.553. The third-order valence-electron chi connectivity index (χ3n) is 3.56. The van der Waals surface area contributed by atoms with Gasteiger partial charge in [0.05, 0.1) is 0 Å². The van der Waals surface area contributed by atoms with Gasteiger partial charge in [-0.05, 0) is 29.1 Å². The molecule has 1 rings (SSSR count). The second kappa shape index (κ2) is 2.75. The maximum Gasteiger partial charge on any atom is -0.0285 e. The van der Waals surface area contributed by atoms with Crippen molar-refractivity contribution in [3.63, 3.8) is 0 Å². The second-order valence-electron chi connectivity index (χ2n) is 6.20. The summed E-state index contributed by atoms with van der Waals surface area (Å²) < 4.78 is 0. The first kappa shape index (κ1) is 10.1. The topological polar surface area (TPSA) is 0 Å². The molecule has 12 heavy (non-hydrogen) atoms. The van der Waals surface area contributed by atoms with E-state index in [-0.39, 0.29) is 0 Å². The summed E-state index contributed by atoms with van der Waals surface area (Å²) in [5, 5.41) is 0. The Hall–Kier alpha value is 0. The van der Waals surface area contributed by atoms with Crippen LogP contribution in [-0.4, -0.2) is 0 Å². The summed E-state index contributed by atoms with van der Waals surface area (Å²) in [4.78, 5) is 0. The van der Waals surface area contributed by atoms with Crippen molar-refractivity contribution in [1.82, 2.24) is 0 Å². The molecular formula is C12H24. The van der Waals surface area contributed by atoms with E-state index in [1.54, 1.807) is 0 Å². The SMILES string of the molecule is CCC1CC(C)(C)C1C(C)(C)C. The number of hydrogen-bond donors (Lipinski definition) is 0. The lowest BCUT2D eigenvalue weighted by molar-refractivity contribution is -0.0847. The second-order valence-corrected chi connectivity index (χ2v) is 6.20. The van der Waals surface area contributed by atoms with Gasteiger partial charge in [-0.2, -0.15) is 0 Å². The Balaban J connectivity index is 2.71. The zero-order valence-electron chi connectivity index (χ0n) is 9.57. The summed E-state index contributed by atoms with van der Waals surface area (Å²) in [6, 6.07) is 0. The molecule has 1 aliphatic rings. The molecule has 1 fully saturated rings. The van der Waals surface area contributed by atoms with Crippen molar-refractivity contribution in [2.45, 2.75) is 54.4 Å². The largest absolute Gasteiger partial charge is 0.0651 e.